The van der Waals surface area contributed by atoms with Gasteiger partial charge in [-0.3, -0.25) is 4.79 Å². The van der Waals surface area contributed by atoms with Gasteiger partial charge in [-0.25, -0.2) is 0 Å². The van der Waals surface area contributed by atoms with Crippen molar-refractivity contribution in [1.29, 1.82) is 0 Å². The lowest BCUT2D eigenvalue weighted by Gasteiger charge is -2.16. The first-order valence-corrected chi connectivity index (χ1v) is 12.2. The summed E-state index contributed by atoms with van der Waals surface area (Å²) < 4.78 is 2.34. The van der Waals surface area contributed by atoms with E-state index in [1.807, 2.05) is 24.3 Å². The van der Waals surface area contributed by atoms with E-state index in [0.717, 1.165) is 35.1 Å². The van der Waals surface area contributed by atoms with E-state index in [9.17, 15) is 4.79 Å². The van der Waals surface area contributed by atoms with Gasteiger partial charge in [-0.05, 0) is 49.5 Å². The summed E-state index contributed by atoms with van der Waals surface area (Å²) in [5.74, 6) is 2.02. The maximum absolute atomic E-state index is 12.3. The van der Waals surface area contributed by atoms with E-state index in [2.05, 4.69) is 32.6 Å². The molecule has 2 aromatic rings. The van der Waals surface area contributed by atoms with Crippen LogP contribution in [0.1, 0.15) is 59.9 Å². The molecule has 146 valence electrons. The normalized spacial score (nSPS) is 14.6. The summed E-state index contributed by atoms with van der Waals surface area (Å²) >= 11 is 3.45. The largest absolute Gasteiger partial charge is 0.352 e. The second-order valence-corrected chi connectivity index (χ2v) is 8.54. The van der Waals surface area contributed by atoms with Gasteiger partial charge in [0.2, 0.25) is 0 Å². The topological polar surface area (TPSA) is 59.8 Å². The van der Waals surface area contributed by atoms with Crippen molar-refractivity contribution in [2.24, 2.45) is 0 Å². The van der Waals surface area contributed by atoms with Crippen molar-refractivity contribution < 1.29 is 4.79 Å². The fraction of sp³-hybridized carbons (Fsp3) is 0.550. The van der Waals surface area contributed by atoms with E-state index in [1.165, 1.54) is 31.2 Å². The maximum atomic E-state index is 12.3. The van der Waals surface area contributed by atoms with Gasteiger partial charge in [0.05, 0.1) is 0 Å². The van der Waals surface area contributed by atoms with E-state index < -0.39 is 0 Å². The molecule has 1 saturated carbocycles. The third-order valence-corrected chi connectivity index (χ3v) is 6.26. The van der Waals surface area contributed by atoms with Gasteiger partial charge >= 0.3 is 0 Å². The Morgan fingerprint density at radius 3 is 2.59 bits per heavy atom. The second-order valence-electron chi connectivity index (χ2n) is 6.90. The van der Waals surface area contributed by atoms with E-state index in [1.54, 1.807) is 23.5 Å². The Hall–Kier alpha value is -1.47. The average Bonchev–Trinajstić information content (AvgIpc) is 3.35. The zero-order valence-electron chi connectivity index (χ0n) is 16.1. The molecule has 0 unspecified atom stereocenters. The number of aromatic nitrogens is 3. The van der Waals surface area contributed by atoms with E-state index in [0.29, 0.717) is 12.6 Å². The highest BCUT2D eigenvalue weighted by molar-refractivity contribution is 7.98. The number of carbonyl (C=O) groups excluding carboxylic acids is 1. The number of nitrogens with one attached hydrogen (secondary N) is 1. The van der Waals surface area contributed by atoms with Crippen LogP contribution in [0.3, 0.4) is 0 Å². The third-order valence-electron chi connectivity index (χ3n) is 5.00. The molecule has 0 bridgehead atoms. The van der Waals surface area contributed by atoms with Gasteiger partial charge in [0.25, 0.3) is 5.91 Å². The molecule has 0 saturated heterocycles. The molecule has 27 heavy (non-hydrogen) atoms. The molecule has 3 rings (SSSR count). The van der Waals surface area contributed by atoms with Crippen LogP contribution in [0.25, 0.3) is 0 Å². The van der Waals surface area contributed by atoms with Gasteiger partial charge in [0.1, 0.15) is 5.82 Å². The van der Waals surface area contributed by atoms with Crippen molar-refractivity contribution in [3.05, 3.63) is 41.2 Å². The molecular weight excluding hydrogens is 376 g/mol. The number of benzene rings is 1. The minimum Gasteiger partial charge on any atom is -0.352 e. The number of thioether (sulfide) groups is 2. The summed E-state index contributed by atoms with van der Waals surface area (Å²) in [5.41, 5.74) is 1.97. The van der Waals surface area contributed by atoms with Crippen LogP contribution < -0.4 is 5.32 Å². The quantitative estimate of drug-likeness (QED) is 0.498. The van der Waals surface area contributed by atoms with Crippen molar-refractivity contribution in [2.75, 3.05) is 19.1 Å². The third kappa shape index (κ3) is 5.29. The Labute approximate surface area is 170 Å². The molecule has 5 nitrogen and oxygen atoms in total. The average molecular weight is 405 g/mol. The van der Waals surface area contributed by atoms with Gasteiger partial charge in [0.15, 0.2) is 5.16 Å². The lowest BCUT2D eigenvalue weighted by molar-refractivity contribution is 0.0953. The summed E-state index contributed by atoms with van der Waals surface area (Å²) in [7, 11) is 0. The first-order valence-electron chi connectivity index (χ1n) is 9.56. The second kappa shape index (κ2) is 10.2. The van der Waals surface area contributed by atoms with Crippen molar-refractivity contribution >= 4 is 29.4 Å². The smallest absolute Gasteiger partial charge is 0.251 e. The first kappa shape index (κ1) is 20.3. The fourth-order valence-corrected chi connectivity index (χ4v) is 4.72. The Bertz CT molecular complexity index is 739. The highest BCUT2D eigenvalue weighted by Crippen LogP contribution is 2.33. The van der Waals surface area contributed by atoms with Gasteiger partial charge in [-0.15, -0.1) is 10.2 Å². The van der Waals surface area contributed by atoms with Gasteiger partial charge in [-0.1, -0.05) is 36.7 Å². The summed E-state index contributed by atoms with van der Waals surface area (Å²) in [4.78, 5) is 12.3. The van der Waals surface area contributed by atoms with Crippen molar-refractivity contribution in [2.45, 2.75) is 55.5 Å². The van der Waals surface area contributed by atoms with Gasteiger partial charge < -0.3 is 9.88 Å². The summed E-state index contributed by atoms with van der Waals surface area (Å²) in [6.45, 7) is 0.650. The number of nitrogens with zero attached hydrogens (tertiary/aromatic N) is 3. The van der Waals surface area contributed by atoms with Crippen LogP contribution in [0, 0.1) is 0 Å². The predicted octanol–water partition coefficient (Wildman–Crippen LogP) is 4.34. The highest BCUT2D eigenvalue weighted by atomic mass is 32.2. The number of rotatable bonds is 9. The van der Waals surface area contributed by atoms with Crippen LogP contribution in [0.5, 0.6) is 0 Å². The lowest BCUT2D eigenvalue weighted by Crippen LogP contribution is -2.25. The number of hydrogen-bond acceptors (Lipinski definition) is 5. The molecule has 0 atom stereocenters. The lowest BCUT2D eigenvalue weighted by atomic mass is 10.1. The standard InChI is InChI=1S/C20H28N4OS2/c1-26-14-15-9-11-16(12-10-15)19(25)21-13-5-8-18-22-23-20(27-2)24(18)17-6-3-4-7-17/h9-12,17H,3-8,13-14H2,1-2H3,(H,21,25). The SMILES string of the molecule is CSCc1ccc(C(=O)NCCCc2nnc(SC)n2C2CCCC2)cc1. The molecule has 1 amide bonds. The zero-order chi connectivity index (χ0) is 19.1. The monoisotopic (exact) mass is 404 g/mol. The van der Waals surface area contributed by atoms with E-state index in [4.69, 9.17) is 0 Å². The van der Waals surface area contributed by atoms with Crippen molar-refractivity contribution in [3.8, 4) is 0 Å². The van der Waals surface area contributed by atoms with Crippen LogP contribution in [0.15, 0.2) is 29.4 Å². The predicted molar refractivity (Wildman–Crippen MR) is 114 cm³/mol. The van der Waals surface area contributed by atoms with Gasteiger partial charge in [0, 0.05) is 30.3 Å². The summed E-state index contributed by atoms with van der Waals surface area (Å²) in [5, 5.41) is 12.8. The molecule has 1 N–H and O–H groups in total. The molecule has 1 fully saturated rings. The number of amides is 1. The van der Waals surface area contributed by atoms with Crippen LogP contribution in [0.2, 0.25) is 0 Å². The first-order chi connectivity index (χ1) is 13.2. The van der Waals surface area contributed by atoms with Crippen molar-refractivity contribution in [1.82, 2.24) is 20.1 Å². The summed E-state index contributed by atoms with van der Waals surface area (Å²) in [6, 6.07) is 8.41. The number of aryl methyl sites for hydroxylation is 1. The number of hydrogen-bond donors (Lipinski definition) is 1. The number of carbonyl (C=O) groups is 1. The van der Waals surface area contributed by atoms with Crippen LogP contribution >= 0.6 is 23.5 Å². The molecule has 1 aromatic heterocycles. The molecule has 0 radical (unpaired) electrons. The highest BCUT2D eigenvalue weighted by Gasteiger charge is 2.23. The molecule has 0 spiro atoms. The fourth-order valence-electron chi connectivity index (χ4n) is 3.62. The summed E-state index contributed by atoms with van der Waals surface area (Å²) in [6.07, 6.45) is 10.9. The maximum Gasteiger partial charge on any atom is 0.251 e. The molecule has 1 aromatic carbocycles. The molecule has 1 aliphatic carbocycles. The minimum absolute atomic E-state index is 0.00670. The zero-order valence-corrected chi connectivity index (χ0v) is 17.7. The minimum atomic E-state index is -0.00670. The Morgan fingerprint density at radius 2 is 1.93 bits per heavy atom. The van der Waals surface area contributed by atoms with Crippen molar-refractivity contribution in [3.63, 3.8) is 0 Å². The Kier molecular flexibility index (Phi) is 7.64. The molecule has 1 aliphatic rings. The van der Waals surface area contributed by atoms with Crippen LogP contribution in [0.4, 0.5) is 0 Å². The molecule has 7 heteroatoms. The molecular formula is C20H28N4OS2. The Morgan fingerprint density at radius 1 is 1.19 bits per heavy atom. The van der Waals surface area contributed by atoms with Crippen LogP contribution in [-0.4, -0.2) is 39.7 Å². The molecule has 0 aliphatic heterocycles. The molecule has 1 heterocycles. The van der Waals surface area contributed by atoms with Gasteiger partial charge in [-0.2, -0.15) is 11.8 Å². The Balaban J connectivity index is 1.50. The van der Waals surface area contributed by atoms with E-state index in [-0.39, 0.29) is 5.91 Å². The van der Waals surface area contributed by atoms with E-state index >= 15 is 0 Å². The van der Waals surface area contributed by atoms with Crippen LogP contribution in [-0.2, 0) is 12.2 Å².